The van der Waals surface area contributed by atoms with Crippen LogP contribution in [0, 0.1) is 5.92 Å². The van der Waals surface area contributed by atoms with Crippen molar-refractivity contribution >= 4 is 22.0 Å². The molecule has 2 fully saturated rings. The maximum absolute atomic E-state index is 13.3. The summed E-state index contributed by atoms with van der Waals surface area (Å²) in [5, 5.41) is 10.6. The van der Waals surface area contributed by atoms with Crippen LogP contribution < -0.4 is 0 Å². The number of aliphatic hydroxyl groups is 1. The lowest BCUT2D eigenvalue weighted by Gasteiger charge is -2.46. The number of hydrogen-bond acceptors (Lipinski definition) is 3. The van der Waals surface area contributed by atoms with Crippen LogP contribution in [0.25, 0.3) is 0 Å². The summed E-state index contributed by atoms with van der Waals surface area (Å²) in [5.41, 5.74) is 0.352. The lowest BCUT2D eigenvalue weighted by molar-refractivity contribution is -0.103. The minimum absolute atomic E-state index is 0.0477. The molecule has 1 heterocycles. The molecule has 2 aromatic carbocycles. The smallest absolute Gasteiger partial charge is 0.411 e. The average Bonchev–Trinajstić information content (AvgIpc) is 3.50. The fourth-order valence-corrected chi connectivity index (χ4v) is 4.84. The molecule has 5 heteroatoms. The van der Waals surface area contributed by atoms with Crippen molar-refractivity contribution < 1.29 is 14.6 Å². The third kappa shape index (κ3) is 4.51. The quantitative estimate of drug-likeness (QED) is 0.596. The van der Waals surface area contributed by atoms with Gasteiger partial charge in [-0.3, -0.25) is 0 Å². The van der Waals surface area contributed by atoms with Crippen LogP contribution in [0.15, 0.2) is 59.1 Å². The SMILES string of the molecule is CC(C)(O)CC1(c2ccccc2)CCN([C@H](c2ccc(Br)cc2)C2CC2)C(=O)O1. The van der Waals surface area contributed by atoms with Gasteiger partial charge in [-0.15, -0.1) is 0 Å². The Hall–Kier alpha value is -1.85. The summed E-state index contributed by atoms with van der Waals surface area (Å²) in [6, 6.07) is 18.1. The van der Waals surface area contributed by atoms with Gasteiger partial charge >= 0.3 is 6.09 Å². The number of nitrogens with zero attached hydrogens (tertiary/aromatic N) is 1. The summed E-state index contributed by atoms with van der Waals surface area (Å²) in [6.07, 6.45) is 3.02. The second-order valence-electron chi connectivity index (χ2n) is 8.99. The number of rotatable bonds is 6. The summed E-state index contributed by atoms with van der Waals surface area (Å²) in [4.78, 5) is 15.2. The molecular formula is C24H28BrNO3. The van der Waals surface area contributed by atoms with Crippen molar-refractivity contribution in [2.45, 2.75) is 56.8 Å². The first kappa shape index (κ1) is 20.4. The Balaban J connectivity index is 1.62. The fourth-order valence-electron chi connectivity index (χ4n) is 4.57. The van der Waals surface area contributed by atoms with Crippen LogP contribution in [0.2, 0.25) is 0 Å². The van der Waals surface area contributed by atoms with Gasteiger partial charge in [0.2, 0.25) is 0 Å². The molecule has 2 atom stereocenters. The first-order valence-corrected chi connectivity index (χ1v) is 11.1. The average molecular weight is 458 g/mol. The molecule has 1 saturated carbocycles. The summed E-state index contributed by atoms with van der Waals surface area (Å²) >= 11 is 3.49. The fraction of sp³-hybridized carbons (Fsp3) is 0.458. The van der Waals surface area contributed by atoms with Crippen LogP contribution in [-0.4, -0.2) is 28.2 Å². The highest BCUT2D eigenvalue weighted by atomic mass is 79.9. The predicted molar refractivity (Wildman–Crippen MR) is 116 cm³/mol. The van der Waals surface area contributed by atoms with Gasteiger partial charge in [-0.05, 0) is 55.9 Å². The van der Waals surface area contributed by atoms with E-state index >= 15 is 0 Å². The molecule has 1 saturated heterocycles. The molecular weight excluding hydrogens is 430 g/mol. The van der Waals surface area contributed by atoms with E-state index in [1.54, 1.807) is 13.8 Å². The predicted octanol–water partition coefficient (Wildman–Crippen LogP) is 5.80. The normalized spacial score (nSPS) is 23.6. The molecule has 1 aliphatic heterocycles. The van der Waals surface area contributed by atoms with Gasteiger partial charge in [0.05, 0.1) is 11.6 Å². The Kier molecular flexibility index (Phi) is 5.47. The molecule has 29 heavy (non-hydrogen) atoms. The van der Waals surface area contributed by atoms with Crippen LogP contribution in [-0.2, 0) is 10.3 Å². The van der Waals surface area contributed by atoms with E-state index in [9.17, 15) is 9.90 Å². The maximum Gasteiger partial charge on any atom is 0.411 e. The third-order valence-electron chi connectivity index (χ3n) is 5.91. The first-order chi connectivity index (χ1) is 13.8. The van der Waals surface area contributed by atoms with Gasteiger partial charge in [-0.25, -0.2) is 4.79 Å². The van der Waals surface area contributed by atoms with E-state index in [4.69, 9.17) is 4.74 Å². The number of carbonyl (C=O) groups is 1. The summed E-state index contributed by atoms with van der Waals surface area (Å²) in [7, 11) is 0. The molecule has 4 rings (SSSR count). The van der Waals surface area contributed by atoms with Gasteiger partial charge in [0, 0.05) is 23.9 Å². The van der Waals surface area contributed by atoms with Crippen molar-refractivity contribution in [2.75, 3.05) is 6.54 Å². The summed E-state index contributed by atoms with van der Waals surface area (Å²) in [5.74, 6) is 0.488. The number of halogens is 1. The van der Waals surface area contributed by atoms with Crippen LogP contribution in [0.4, 0.5) is 4.79 Å². The van der Waals surface area contributed by atoms with E-state index in [0.717, 1.165) is 28.4 Å². The van der Waals surface area contributed by atoms with Gasteiger partial charge < -0.3 is 14.7 Å². The lowest BCUT2D eigenvalue weighted by Crippen LogP contribution is -2.51. The molecule has 4 nitrogen and oxygen atoms in total. The van der Waals surface area contributed by atoms with E-state index in [0.29, 0.717) is 25.3 Å². The number of amides is 1. The Morgan fingerprint density at radius 2 is 1.83 bits per heavy atom. The first-order valence-electron chi connectivity index (χ1n) is 10.3. The van der Waals surface area contributed by atoms with Crippen LogP contribution in [0.1, 0.15) is 56.7 Å². The van der Waals surface area contributed by atoms with Crippen molar-refractivity contribution in [1.82, 2.24) is 4.90 Å². The minimum atomic E-state index is -0.945. The number of cyclic esters (lactones) is 1. The molecule has 0 spiro atoms. The maximum atomic E-state index is 13.3. The van der Waals surface area contributed by atoms with Crippen molar-refractivity contribution in [3.05, 3.63) is 70.2 Å². The zero-order valence-corrected chi connectivity index (χ0v) is 18.6. The van der Waals surface area contributed by atoms with E-state index in [1.807, 2.05) is 47.4 Å². The number of hydrogen-bond donors (Lipinski definition) is 1. The minimum Gasteiger partial charge on any atom is -0.438 e. The molecule has 1 N–H and O–H groups in total. The highest BCUT2D eigenvalue weighted by molar-refractivity contribution is 9.10. The Morgan fingerprint density at radius 1 is 1.17 bits per heavy atom. The molecule has 1 amide bonds. The van der Waals surface area contributed by atoms with Crippen LogP contribution in [0.5, 0.6) is 0 Å². The van der Waals surface area contributed by atoms with Gasteiger partial charge in [0.25, 0.3) is 0 Å². The Labute approximate surface area is 181 Å². The largest absolute Gasteiger partial charge is 0.438 e. The molecule has 1 aliphatic carbocycles. The van der Waals surface area contributed by atoms with Gasteiger partial charge in [-0.1, -0.05) is 58.4 Å². The summed E-state index contributed by atoms with van der Waals surface area (Å²) in [6.45, 7) is 4.15. The van der Waals surface area contributed by atoms with E-state index in [-0.39, 0.29) is 12.1 Å². The van der Waals surface area contributed by atoms with E-state index < -0.39 is 11.2 Å². The number of benzene rings is 2. The molecule has 154 valence electrons. The number of carbonyl (C=O) groups excluding carboxylic acids is 1. The molecule has 2 aliphatic rings. The molecule has 0 radical (unpaired) electrons. The highest BCUT2D eigenvalue weighted by Crippen LogP contribution is 2.48. The molecule has 2 aromatic rings. The van der Waals surface area contributed by atoms with E-state index in [2.05, 4.69) is 28.1 Å². The highest BCUT2D eigenvalue weighted by Gasteiger charge is 2.49. The lowest BCUT2D eigenvalue weighted by atomic mass is 9.80. The Morgan fingerprint density at radius 3 is 2.38 bits per heavy atom. The summed E-state index contributed by atoms with van der Waals surface area (Å²) < 4.78 is 7.20. The van der Waals surface area contributed by atoms with Crippen molar-refractivity contribution in [2.24, 2.45) is 5.92 Å². The van der Waals surface area contributed by atoms with Gasteiger partial charge in [-0.2, -0.15) is 0 Å². The van der Waals surface area contributed by atoms with Crippen LogP contribution >= 0.6 is 15.9 Å². The third-order valence-corrected chi connectivity index (χ3v) is 6.44. The Bertz CT molecular complexity index is 858. The zero-order chi connectivity index (χ0) is 20.6. The monoisotopic (exact) mass is 457 g/mol. The van der Waals surface area contributed by atoms with Gasteiger partial charge in [0.1, 0.15) is 5.60 Å². The molecule has 0 aromatic heterocycles. The zero-order valence-electron chi connectivity index (χ0n) is 17.0. The molecule has 1 unspecified atom stereocenters. The van der Waals surface area contributed by atoms with Crippen LogP contribution in [0.3, 0.4) is 0 Å². The molecule has 0 bridgehead atoms. The van der Waals surface area contributed by atoms with Crippen molar-refractivity contribution in [3.8, 4) is 0 Å². The topological polar surface area (TPSA) is 49.8 Å². The standard InChI is InChI=1S/C24H28BrNO3/c1-23(2,28)16-24(19-6-4-3-5-7-19)14-15-26(22(27)29-24)21(17-8-9-17)18-10-12-20(25)13-11-18/h3-7,10-13,17,21,28H,8-9,14-16H2,1-2H3/t21-,24?/m0/s1. The van der Waals surface area contributed by atoms with Gasteiger partial charge in [0.15, 0.2) is 0 Å². The second kappa shape index (κ2) is 7.77. The van der Waals surface area contributed by atoms with E-state index in [1.165, 1.54) is 0 Å². The van der Waals surface area contributed by atoms with Crippen molar-refractivity contribution in [1.29, 1.82) is 0 Å². The van der Waals surface area contributed by atoms with Crippen molar-refractivity contribution in [3.63, 3.8) is 0 Å². The number of ether oxygens (including phenoxy) is 1. The second-order valence-corrected chi connectivity index (χ2v) is 9.91.